The van der Waals surface area contributed by atoms with Gasteiger partial charge in [0.2, 0.25) is 0 Å². The maximum Gasteiger partial charge on any atom is 0.131 e. The zero-order chi connectivity index (χ0) is 15.2. The first-order valence-electron chi connectivity index (χ1n) is 8.15. The zero-order valence-corrected chi connectivity index (χ0v) is 13.6. The molecule has 4 nitrogen and oxygen atoms in total. The number of anilines is 1. The normalized spacial score (nSPS) is 19.3. The van der Waals surface area contributed by atoms with Gasteiger partial charge in [-0.15, -0.1) is 0 Å². The number of aromatic nitrogens is 1. The van der Waals surface area contributed by atoms with E-state index in [1.165, 1.54) is 24.0 Å². The molecule has 1 aromatic heterocycles. The van der Waals surface area contributed by atoms with Gasteiger partial charge in [0.15, 0.2) is 0 Å². The molecule has 1 aliphatic heterocycles. The van der Waals surface area contributed by atoms with E-state index in [0.717, 1.165) is 31.9 Å². The smallest absolute Gasteiger partial charge is 0.131 e. The Bertz CT molecular complexity index is 448. The van der Waals surface area contributed by atoms with Crippen molar-refractivity contribution in [3.05, 3.63) is 23.4 Å². The summed E-state index contributed by atoms with van der Waals surface area (Å²) in [6.45, 7) is 9.67. The second-order valence-corrected chi connectivity index (χ2v) is 6.53. The molecule has 1 aromatic rings. The number of aliphatic hydroxyl groups is 1. The van der Waals surface area contributed by atoms with E-state index in [1.807, 2.05) is 6.20 Å². The van der Waals surface area contributed by atoms with Gasteiger partial charge in [-0.1, -0.05) is 13.8 Å². The summed E-state index contributed by atoms with van der Waals surface area (Å²) >= 11 is 0. The van der Waals surface area contributed by atoms with Crippen molar-refractivity contribution >= 4 is 5.82 Å². The number of aryl methyl sites for hydroxylation is 1. The lowest BCUT2D eigenvalue weighted by atomic mass is 10.0. The van der Waals surface area contributed by atoms with Crippen LogP contribution in [-0.2, 0) is 6.54 Å². The number of pyridine rings is 1. The summed E-state index contributed by atoms with van der Waals surface area (Å²) in [4.78, 5) is 6.95. The number of rotatable bonds is 6. The maximum absolute atomic E-state index is 9.56. The average Bonchev–Trinajstić information content (AvgIpc) is 2.47. The van der Waals surface area contributed by atoms with Gasteiger partial charge < -0.3 is 15.3 Å². The molecule has 2 heterocycles. The Balaban J connectivity index is 2.04. The molecular weight excluding hydrogens is 262 g/mol. The van der Waals surface area contributed by atoms with Gasteiger partial charge in [-0.05, 0) is 55.8 Å². The number of nitrogens with zero attached hydrogens (tertiary/aromatic N) is 2. The summed E-state index contributed by atoms with van der Waals surface area (Å²) in [7, 11) is 0. The van der Waals surface area contributed by atoms with Crippen molar-refractivity contribution in [3.63, 3.8) is 0 Å². The summed E-state index contributed by atoms with van der Waals surface area (Å²) in [6, 6.07) is 2.45. The second kappa shape index (κ2) is 7.76. The topological polar surface area (TPSA) is 48.4 Å². The van der Waals surface area contributed by atoms with Crippen LogP contribution in [-0.4, -0.2) is 35.8 Å². The molecule has 2 rings (SSSR count). The average molecular weight is 291 g/mol. The van der Waals surface area contributed by atoms with Crippen molar-refractivity contribution < 1.29 is 5.11 Å². The Labute approximate surface area is 128 Å². The molecule has 1 aliphatic rings. The first kappa shape index (κ1) is 16.2. The zero-order valence-electron chi connectivity index (χ0n) is 13.6. The molecule has 1 saturated heterocycles. The highest BCUT2D eigenvalue weighted by Crippen LogP contribution is 2.26. The lowest BCUT2D eigenvalue weighted by Gasteiger charge is -2.36. The van der Waals surface area contributed by atoms with Crippen LogP contribution < -0.4 is 10.2 Å². The predicted octanol–water partition coefficient (Wildman–Crippen LogP) is 2.49. The second-order valence-electron chi connectivity index (χ2n) is 6.53. The van der Waals surface area contributed by atoms with E-state index < -0.39 is 0 Å². The van der Waals surface area contributed by atoms with Gasteiger partial charge in [0.05, 0.1) is 12.6 Å². The summed E-state index contributed by atoms with van der Waals surface area (Å²) in [5, 5.41) is 13.0. The largest absolute Gasteiger partial charge is 0.394 e. The number of hydrogen-bond donors (Lipinski definition) is 2. The van der Waals surface area contributed by atoms with Crippen LogP contribution in [0.15, 0.2) is 12.3 Å². The Hall–Kier alpha value is -1.13. The fourth-order valence-electron chi connectivity index (χ4n) is 3.00. The molecule has 1 fully saturated rings. The highest BCUT2D eigenvalue weighted by Gasteiger charge is 2.23. The van der Waals surface area contributed by atoms with Crippen molar-refractivity contribution in [2.45, 2.75) is 52.6 Å². The van der Waals surface area contributed by atoms with Crippen molar-refractivity contribution in [1.29, 1.82) is 0 Å². The van der Waals surface area contributed by atoms with E-state index in [-0.39, 0.29) is 12.6 Å². The standard InChI is InChI=1S/C17H29N3O/c1-13(2)9-18-10-15-8-14(3)17(19-11-15)20-7-5-4-6-16(20)12-21/h8,11,13,16,18,21H,4-7,9-10,12H2,1-3H3. The van der Waals surface area contributed by atoms with Crippen molar-refractivity contribution in [2.75, 3.05) is 24.6 Å². The van der Waals surface area contributed by atoms with Crippen LogP contribution in [0, 0.1) is 12.8 Å². The van der Waals surface area contributed by atoms with Gasteiger partial charge in [0.25, 0.3) is 0 Å². The van der Waals surface area contributed by atoms with Crippen LogP contribution in [0.4, 0.5) is 5.82 Å². The van der Waals surface area contributed by atoms with Gasteiger partial charge in [0, 0.05) is 19.3 Å². The molecule has 2 N–H and O–H groups in total. The quantitative estimate of drug-likeness (QED) is 0.845. The van der Waals surface area contributed by atoms with Crippen molar-refractivity contribution in [1.82, 2.24) is 10.3 Å². The van der Waals surface area contributed by atoms with E-state index in [4.69, 9.17) is 0 Å². The van der Waals surface area contributed by atoms with Gasteiger partial charge in [-0.2, -0.15) is 0 Å². The molecule has 0 spiro atoms. The minimum absolute atomic E-state index is 0.221. The Morgan fingerprint density at radius 2 is 2.24 bits per heavy atom. The fraction of sp³-hybridized carbons (Fsp3) is 0.706. The number of aliphatic hydroxyl groups excluding tert-OH is 1. The third-order valence-corrected chi connectivity index (χ3v) is 4.10. The monoisotopic (exact) mass is 291 g/mol. The predicted molar refractivity (Wildman–Crippen MR) is 87.6 cm³/mol. The van der Waals surface area contributed by atoms with E-state index in [1.54, 1.807) is 0 Å². The van der Waals surface area contributed by atoms with Crippen molar-refractivity contribution in [3.8, 4) is 0 Å². The molecule has 0 radical (unpaired) electrons. The van der Waals surface area contributed by atoms with E-state index in [2.05, 4.69) is 42.0 Å². The SMILES string of the molecule is Cc1cc(CNCC(C)C)cnc1N1CCCCC1CO. The Kier molecular flexibility index (Phi) is 6.00. The first-order chi connectivity index (χ1) is 10.1. The molecule has 4 heteroatoms. The number of piperidine rings is 1. The third kappa shape index (κ3) is 4.42. The van der Waals surface area contributed by atoms with E-state index >= 15 is 0 Å². The summed E-state index contributed by atoms with van der Waals surface area (Å²) in [5.41, 5.74) is 2.44. The molecule has 118 valence electrons. The molecule has 0 aromatic carbocycles. The van der Waals surface area contributed by atoms with Gasteiger partial charge in [0.1, 0.15) is 5.82 Å². The minimum Gasteiger partial charge on any atom is -0.394 e. The third-order valence-electron chi connectivity index (χ3n) is 4.10. The highest BCUT2D eigenvalue weighted by molar-refractivity contribution is 5.48. The fourth-order valence-corrected chi connectivity index (χ4v) is 3.00. The molecule has 1 atom stereocenters. The van der Waals surface area contributed by atoms with Crippen LogP contribution in [0.5, 0.6) is 0 Å². The van der Waals surface area contributed by atoms with Crippen LogP contribution in [0.1, 0.15) is 44.2 Å². The molecular formula is C17H29N3O. The molecule has 0 aliphatic carbocycles. The summed E-state index contributed by atoms with van der Waals surface area (Å²) < 4.78 is 0. The van der Waals surface area contributed by atoms with E-state index in [9.17, 15) is 5.11 Å². The summed E-state index contributed by atoms with van der Waals surface area (Å²) in [5.74, 6) is 1.71. The van der Waals surface area contributed by atoms with Gasteiger partial charge in [-0.3, -0.25) is 0 Å². The first-order valence-corrected chi connectivity index (χ1v) is 8.15. The van der Waals surface area contributed by atoms with Crippen LogP contribution in [0.3, 0.4) is 0 Å². The van der Waals surface area contributed by atoms with Crippen LogP contribution >= 0.6 is 0 Å². The van der Waals surface area contributed by atoms with Crippen molar-refractivity contribution in [2.24, 2.45) is 5.92 Å². The molecule has 0 saturated carbocycles. The Morgan fingerprint density at radius 1 is 1.43 bits per heavy atom. The summed E-state index contributed by atoms with van der Waals surface area (Å²) in [6.07, 6.45) is 5.43. The van der Waals surface area contributed by atoms with Crippen LogP contribution in [0.2, 0.25) is 0 Å². The number of nitrogens with one attached hydrogen (secondary N) is 1. The van der Waals surface area contributed by atoms with E-state index in [0.29, 0.717) is 5.92 Å². The molecule has 21 heavy (non-hydrogen) atoms. The molecule has 0 bridgehead atoms. The van der Waals surface area contributed by atoms with Gasteiger partial charge in [-0.25, -0.2) is 4.98 Å². The lowest BCUT2D eigenvalue weighted by Crippen LogP contribution is -2.42. The Morgan fingerprint density at radius 3 is 2.90 bits per heavy atom. The van der Waals surface area contributed by atoms with Crippen LogP contribution in [0.25, 0.3) is 0 Å². The van der Waals surface area contributed by atoms with Gasteiger partial charge >= 0.3 is 0 Å². The molecule has 1 unspecified atom stereocenters. The maximum atomic E-state index is 9.56. The molecule has 0 amide bonds. The minimum atomic E-state index is 0.221. The lowest BCUT2D eigenvalue weighted by molar-refractivity contribution is 0.239. The highest BCUT2D eigenvalue weighted by atomic mass is 16.3. The number of hydrogen-bond acceptors (Lipinski definition) is 4.